The lowest BCUT2D eigenvalue weighted by Gasteiger charge is -2.25. The van der Waals surface area contributed by atoms with E-state index in [1.165, 1.54) is 11.8 Å². The number of aliphatic hydroxyl groups is 1. The van der Waals surface area contributed by atoms with E-state index in [2.05, 4.69) is 5.32 Å². The third-order valence-corrected chi connectivity index (χ3v) is 5.07. The SMILES string of the molecule is CC(=O)Nc1ccc(N2C(=O)C(=O)/C(=C(/O)c3ccccc3)[C@@H]2c2ccccc2)cc1. The Bertz CT molecular complexity index is 1170. The molecule has 0 radical (unpaired) electrons. The van der Waals surface area contributed by atoms with Crippen molar-refractivity contribution in [3.05, 3.63) is 102 Å². The van der Waals surface area contributed by atoms with Crippen LogP contribution in [0.25, 0.3) is 5.76 Å². The molecule has 3 aromatic carbocycles. The van der Waals surface area contributed by atoms with Crippen molar-refractivity contribution < 1.29 is 19.5 Å². The van der Waals surface area contributed by atoms with E-state index in [0.29, 0.717) is 22.5 Å². The minimum atomic E-state index is -0.784. The Balaban J connectivity index is 1.86. The van der Waals surface area contributed by atoms with Crippen molar-refractivity contribution in [2.24, 2.45) is 0 Å². The zero-order valence-corrected chi connectivity index (χ0v) is 16.8. The van der Waals surface area contributed by atoms with Crippen molar-refractivity contribution in [2.75, 3.05) is 10.2 Å². The summed E-state index contributed by atoms with van der Waals surface area (Å²) in [6.07, 6.45) is 0. The van der Waals surface area contributed by atoms with Crippen molar-refractivity contribution in [1.82, 2.24) is 0 Å². The van der Waals surface area contributed by atoms with Gasteiger partial charge in [-0.2, -0.15) is 0 Å². The number of hydrogen-bond acceptors (Lipinski definition) is 4. The average Bonchev–Trinajstić information content (AvgIpc) is 3.05. The average molecular weight is 412 g/mol. The Hall–Kier alpha value is -4.19. The van der Waals surface area contributed by atoms with E-state index in [1.54, 1.807) is 54.6 Å². The first-order valence-electron chi connectivity index (χ1n) is 9.76. The summed E-state index contributed by atoms with van der Waals surface area (Å²) in [6.45, 7) is 1.41. The summed E-state index contributed by atoms with van der Waals surface area (Å²) in [7, 11) is 0. The van der Waals surface area contributed by atoms with Crippen molar-refractivity contribution in [3.8, 4) is 0 Å². The molecule has 1 saturated heterocycles. The first kappa shape index (κ1) is 20.1. The summed E-state index contributed by atoms with van der Waals surface area (Å²) < 4.78 is 0. The Morgan fingerprint density at radius 1 is 0.871 bits per heavy atom. The molecule has 6 heteroatoms. The van der Waals surface area contributed by atoms with E-state index in [1.807, 2.05) is 30.3 Å². The molecule has 0 saturated carbocycles. The van der Waals surface area contributed by atoms with Crippen molar-refractivity contribution in [1.29, 1.82) is 0 Å². The molecule has 3 aromatic rings. The van der Waals surface area contributed by atoms with Crippen LogP contribution in [0.15, 0.2) is 90.5 Å². The quantitative estimate of drug-likeness (QED) is 0.381. The molecule has 1 heterocycles. The predicted molar refractivity (Wildman–Crippen MR) is 118 cm³/mol. The van der Waals surface area contributed by atoms with Gasteiger partial charge in [-0.3, -0.25) is 19.3 Å². The molecule has 154 valence electrons. The van der Waals surface area contributed by atoms with Crippen LogP contribution in [0.4, 0.5) is 11.4 Å². The van der Waals surface area contributed by atoms with E-state index >= 15 is 0 Å². The monoisotopic (exact) mass is 412 g/mol. The molecule has 0 unspecified atom stereocenters. The summed E-state index contributed by atoms with van der Waals surface area (Å²) in [5, 5.41) is 13.7. The maximum atomic E-state index is 13.1. The first-order chi connectivity index (χ1) is 15.0. The van der Waals surface area contributed by atoms with Crippen LogP contribution in [-0.4, -0.2) is 22.7 Å². The number of nitrogens with zero attached hydrogens (tertiary/aromatic N) is 1. The summed E-state index contributed by atoms with van der Waals surface area (Å²) in [5.41, 5.74) is 2.26. The van der Waals surface area contributed by atoms with Gasteiger partial charge in [0.05, 0.1) is 11.6 Å². The third-order valence-electron chi connectivity index (χ3n) is 5.07. The van der Waals surface area contributed by atoms with Crippen LogP contribution in [0.2, 0.25) is 0 Å². The molecule has 1 aliphatic rings. The topological polar surface area (TPSA) is 86.7 Å². The van der Waals surface area contributed by atoms with Gasteiger partial charge in [-0.05, 0) is 29.8 Å². The molecule has 2 N–H and O–H groups in total. The number of ketones is 1. The van der Waals surface area contributed by atoms with E-state index in [4.69, 9.17) is 0 Å². The van der Waals surface area contributed by atoms with Gasteiger partial charge in [0, 0.05) is 23.9 Å². The number of rotatable bonds is 4. The lowest BCUT2D eigenvalue weighted by Crippen LogP contribution is -2.29. The fourth-order valence-corrected chi connectivity index (χ4v) is 3.71. The molecule has 31 heavy (non-hydrogen) atoms. The maximum Gasteiger partial charge on any atom is 0.300 e. The highest BCUT2D eigenvalue weighted by molar-refractivity contribution is 6.51. The number of Topliss-reactive ketones (excluding diaryl/α,β-unsaturated/α-hetero) is 1. The number of hydrogen-bond donors (Lipinski definition) is 2. The van der Waals surface area contributed by atoms with Gasteiger partial charge >= 0.3 is 0 Å². The fraction of sp³-hybridized carbons (Fsp3) is 0.0800. The summed E-state index contributed by atoms with van der Waals surface area (Å²) in [5.74, 6) is -1.90. The molecular weight excluding hydrogens is 392 g/mol. The highest BCUT2D eigenvalue weighted by Crippen LogP contribution is 2.42. The molecule has 1 fully saturated rings. The van der Waals surface area contributed by atoms with Crippen LogP contribution < -0.4 is 10.2 Å². The molecule has 4 rings (SSSR count). The van der Waals surface area contributed by atoms with Crippen LogP contribution in [-0.2, 0) is 14.4 Å². The largest absolute Gasteiger partial charge is 0.507 e. The van der Waals surface area contributed by atoms with Gasteiger partial charge in [0.2, 0.25) is 5.91 Å². The zero-order valence-electron chi connectivity index (χ0n) is 16.8. The minimum Gasteiger partial charge on any atom is -0.507 e. The number of benzene rings is 3. The minimum absolute atomic E-state index is 0.0355. The smallest absolute Gasteiger partial charge is 0.300 e. The van der Waals surface area contributed by atoms with Crippen molar-refractivity contribution in [3.63, 3.8) is 0 Å². The Labute approximate surface area is 179 Å². The Kier molecular flexibility index (Phi) is 5.37. The number of amides is 2. The van der Waals surface area contributed by atoms with Gasteiger partial charge in [-0.25, -0.2) is 0 Å². The second-order valence-electron chi connectivity index (χ2n) is 7.17. The van der Waals surface area contributed by atoms with Crippen LogP contribution >= 0.6 is 0 Å². The fourth-order valence-electron chi connectivity index (χ4n) is 3.71. The molecule has 0 spiro atoms. The van der Waals surface area contributed by atoms with E-state index < -0.39 is 17.7 Å². The standard InChI is InChI=1S/C25H20N2O4/c1-16(28)26-19-12-14-20(15-13-19)27-22(17-8-4-2-5-9-17)21(24(30)25(27)31)23(29)18-10-6-3-7-11-18/h2-15,22,29H,1H3,(H,26,28)/b23-21+/t22-/m0/s1. The molecule has 0 bridgehead atoms. The van der Waals surface area contributed by atoms with Gasteiger partial charge in [0.25, 0.3) is 11.7 Å². The Morgan fingerprint density at radius 3 is 2.03 bits per heavy atom. The summed E-state index contributed by atoms with van der Waals surface area (Å²) >= 11 is 0. The molecule has 2 amide bonds. The van der Waals surface area contributed by atoms with Gasteiger partial charge < -0.3 is 10.4 Å². The van der Waals surface area contributed by atoms with Crippen LogP contribution in [0.3, 0.4) is 0 Å². The molecule has 6 nitrogen and oxygen atoms in total. The zero-order chi connectivity index (χ0) is 22.0. The molecule has 1 aliphatic heterocycles. The number of anilines is 2. The van der Waals surface area contributed by atoms with Crippen molar-refractivity contribution in [2.45, 2.75) is 13.0 Å². The molecule has 0 aliphatic carbocycles. The number of carbonyl (C=O) groups is 3. The van der Waals surface area contributed by atoms with E-state index in [9.17, 15) is 19.5 Å². The van der Waals surface area contributed by atoms with E-state index in [-0.39, 0.29) is 17.2 Å². The lowest BCUT2D eigenvalue weighted by molar-refractivity contribution is -0.132. The van der Waals surface area contributed by atoms with Gasteiger partial charge in [-0.1, -0.05) is 60.7 Å². The van der Waals surface area contributed by atoms with Gasteiger partial charge in [0.15, 0.2) is 0 Å². The second kappa shape index (κ2) is 8.28. The third kappa shape index (κ3) is 3.83. The highest BCUT2D eigenvalue weighted by atomic mass is 16.3. The normalized spacial score (nSPS) is 17.6. The highest BCUT2D eigenvalue weighted by Gasteiger charge is 2.46. The molecule has 0 aromatic heterocycles. The van der Waals surface area contributed by atoms with Crippen LogP contribution in [0, 0.1) is 0 Å². The molecule has 1 atom stereocenters. The van der Waals surface area contributed by atoms with Crippen LogP contribution in [0.5, 0.6) is 0 Å². The maximum absolute atomic E-state index is 13.1. The second-order valence-corrected chi connectivity index (χ2v) is 7.17. The van der Waals surface area contributed by atoms with Gasteiger partial charge in [-0.15, -0.1) is 0 Å². The Morgan fingerprint density at radius 2 is 1.45 bits per heavy atom. The summed E-state index contributed by atoms with van der Waals surface area (Å²) in [6, 6.07) is 23.7. The number of carbonyl (C=O) groups excluding carboxylic acids is 3. The van der Waals surface area contributed by atoms with Crippen LogP contribution in [0.1, 0.15) is 24.1 Å². The van der Waals surface area contributed by atoms with E-state index in [0.717, 1.165) is 0 Å². The number of aliphatic hydroxyl groups excluding tert-OH is 1. The summed E-state index contributed by atoms with van der Waals surface area (Å²) in [4.78, 5) is 38.8. The van der Waals surface area contributed by atoms with Gasteiger partial charge in [0.1, 0.15) is 5.76 Å². The predicted octanol–water partition coefficient (Wildman–Crippen LogP) is 4.27. The molecular formula is C25H20N2O4. The lowest BCUT2D eigenvalue weighted by atomic mass is 9.95. The van der Waals surface area contributed by atoms with Crippen molar-refractivity contribution >= 4 is 34.7 Å². The number of nitrogens with one attached hydrogen (secondary N) is 1. The first-order valence-corrected chi connectivity index (χ1v) is 9.76.